The molecule has 4 rings (SSSR count). The Balaban J connectivity index is 2.14. The maximum Gasteiger partial charge on any atom is 0.0535 e. The van der Waals surface area contributed by atoms with E-state index in [1.54, 1.807) is 0 Å². The number of rotatable bonds is 0. The fraction of sp³-hybridized carbons (Fsp3) is 0.211. The minimum atomic E-state index is 0.970. The van der Waals surface area contributed by atoms with Gasteiger partial charge in [-0.2, -0.15) is 0 Å². The summed E-state index contributed by atoms with van der Waals surface area (Å²) in [6.07, 6.45) is 0.970. The molecule has 1 nitrogen and oxygen atoms in total. The van der Waals surface area contributed by atoms with E-state index in [1.165, 1.54) is 44.3 Å². The van der Waals surface area contributed by atoms with Gasteiger partial charge in [-0.3, -0.25) is 4.98 Å². The van der Waals surface area contributed by atoms with E-state index in [2.05, 4.69) is 57.2 Å². The van der Waals surface area contributed by atoms with Crippen LogP contribution >= 0.6 is 0 Å². The van der Waals surface area contributed by atoms with Gasteiger partial charge in [0.05, 0.1) is 5.69 Å². The van der Waals surface area contributed by atoms with Crippen LogP contribution in [0.2, 0.25) is 0 Å². The highest BCUT2D eigenvalue weighted by atomic mass is 14.7. The first-order valence-electron chi connectivity index (χ1n) is 7.14. The van der Waals surface area contributed by atoms with Crippen molar-refractivity contribution >= 4 is 10.8 Å². The Hall–Kier alpha value is -2.15. The number of benzene rings is 2. The molecule has 0 bridgehead atoms. The average Bonchev–Trinajstić information content (AvgIpc) is 2.77. The summed E-state index contributed by atoms with van der Waals surface area (Å²) in [5, 5.41) is 2.62. The van der Waals surface area contributed by atoms with Gasteiger partial charge >= 0.3 is 0 Å². The van der Waals surface area contributed by atoms with Gasteiger partial charge in [0.25, 0.3) is 0 Å². The molecule has 0 amide bonds. The monoisotopic (exact) mass is 259 g/mol. The Morgan fingerprint density at radius 3 is 2.40 bits per heavy atom. The van der Waals surface area contributed by atoms with Gasteiger partial charge in [-0.05, 0) is 48.4 Å². The lowest BCUT2D eigenvalue weighted by molar-refractivity contribution is 1.09. The van der Waals surface area contributed by atoms with Gasteiger partial charge in [0.2, 0.25) is 0 Å². The van der Waals surface area contributed by atoms with Crippen molar-refractivity contribution < 1.29 is 0 Å². The maximum absolute atomic E-state index is 4.86. The molecule has 1 aromatic heterocycles. The van der Waals surface area contributed by atoms with Crippen LogP contribution in [0.5, 0.6) is 0 Å². The highest BCUT2D eigenvalue weighted by Gasteiger charge is 2.23. The molecule has 0 spiro atoms. The van der Waals surface area contributed by atoms with E-state index in [0.717, 1.165) is 12.1 Å². The molecule has 20 heavy (non-hydrogen) atoms. The third-order valence-electron chi connectivity index (χ3n) is 4.52. The lowest BCUT2D eigenvalue weighted by Crippen LogP contribution is -1.92. The van der Waals surface area contributed by atoms with E-state index < -0.39 is 0 Å². The number of hydrogen-bond acceptors (Lipinski definition) is 1. The fourth-order valence-electron chi connectivity index (χ4n) is 3.35. The van der Waals surface area contributed by atoms with Gasteiger partial charge in [0.1, 0.15) is 0 Å². The van der Waals surface area contributed by atoms with E-state index in [1.807, 2.05) is 0 Å². The smallest absolute Gasteiger partial charge is 0.0535 e. The second kappa shape index (κ2) is 3.92. The fourth-order valence-corrected chi connectivity index (χ4v) is 3.35. The van der Waals surface area contributed by atoms with E-state index in [4.69, 9.17) is 4.98 Å². The molecular formula is C19H17N. The topological polar surface area (TPSA) is 12.9 Å². The molecule has 0 radical (unpaired) electrons. The van der Waals surface area contributed by atoms with Crippen LogP contribution in [0.3, 0.4) is 0 Å². The van der Waals surface area contributed by atoms with Crippen molar-refractivity contribution in [2.45, 2.75) is 27.2 Å². The Labute approximate surface area is 119 Å². The normalized spacial score (nSPS) is 12.6. The average molecular weight is 259 g/mol. The first-order valence-corrected chi connectivity index (χ1v) is 7.14. The van der Waals surface area contributed by atoms with Crippen molar-refractivity contribution in [3.05, 3.63) is 64.5 Å². The van der Waals surface area contributed by atoms with E-state index in [0.29, 0.717) is 0 Å². The number of hydrogen-bond donors (Lipinski definition) is 0. The molecule has 0 N–H and O–H groups in total. The third kappa shape index (κ3) is 1.46. The van der Waals surface area contributed by atoms with Gasteiger partial charge in [-0.25, -0.2) is 0 Å². The Morgan fingerprint density at radius 2 is 1.60 bits per heavy atom. The molecular weight excluding hydrogens is 242 g/mol. The van der Waals surface area contributed by atoms with Crippen molar-refractivity contribution in [3.8, 4) is 11.1 Å². The molecule has 0 saturated heterocycles. The number of fused-ring (bicyclic) bond motifs is 5. The summed E-state index contributed by atoms with van der Waals surface area (Å²) in [6, 6.07) is 13.3. The molecule has 2 aromatic carbocycles. The SMILES string of the molecule is Cc1cc2c(cc1C)-c1c(nc(C)c3ccccc13)C2. The zero-order valence-electron chi connectivity index (χ0n) is 12.1. The zero-order valence-corrected chi connectivity index (χ0v) is 12.1. The van der Waals surface area contributed by atoms with Gasteiger partial charge < -0.3 is 0 Å². The number of nitrogens with zero attached hydrogens (tertiary/aromatic N) is 1. The Morgan fingerprint density at radius 1 is 0.900 bits per heavy atom. The van der Waals surface area contributed by atoms with Gasteiger partial charge in [-0.1, -0.05) is 36.4 Å². The minimum Gasteiger partial charge on any atom is -0.257 e. The Bertz CT molecular complexity index is 859. The summed E-state index contributed by atoms with van der Waals surface area (Å²) in [6.45, 7) is 6.49. The van der Waals surface area contributed by atoms with Crippen LogP contribution in [0.1, 0.15) is 28.1 Å². The summed E-state index contributed by atoms with van der Waals surface area (Å²) < 4.78 is 0. The van der Waals surface area contributed by atoms with Crippen molar-refractivity contribution in [2.75, 3.05) is 0 Å². The quantitative estimate of drug-likeness (QED) is 0.445. The Kier molecular flexibility index (Phi) is 2.29. The van der Waals surface area contributed by atoms with Crippen molar-refractivity contribution in [2.24, 2.45) is 0 Å². The van der Waals surface area contributed by atoms with Crippen molar-refractivity contribution in [3.63, 3.8) is 0 Å². The van der Waals surface area contributed by atoms with E-state index in [-0.39, 0.29) is 0 Å². The molecule has 1 heteroatoms. The number of aryl methyl sites for hydroxylation is 3. The highest BCUT2D eigenvalue weighted by Crippen LogP contribution is 2.41. The number of pyridine rings is 1. The second-order valence-corrected chi connectivity index (χ2v) is 5.83. The van der Waals surface area contributed by atoms with Crippen molar-refractivity contribution in [1.29, 1.82) is 0 Å². The first-order chi connectivity index (χ1) is 9.65. The molecule has 0 saturated carbocycles. The van der Waals surface area contributed by atoms with Crippen LogP contribution in [-0.4, -0.2) is 4.98 Å². The molecule has 0 aliphatic heterocycles. The second-order valence-electron chi connectivity index (χ2n) is 5.83. The van der Waals surface area contributed by atoms with Crippen LogP contribution < -0.4 is 0 Å². The summed E-state index contributed by atoms with van der Waals surface area (Å²) in [4.78, 5) is 4.86. The van der Waals surface area contributed by atoms with Crippen molar-refractivity contribution in [1.82, 2.24) is 4.98 Å². The predicted octanol–water partition coefficient (Wildman–Crippen LogP) is 4.73. The molecule has 1 aliphatic carbocycles. The third-order valence-corrected chi connectivity index (χ3v) is 4.52. The van der Waals surface area contributed by atoms with E-state index in [9.17, 15) is 0 Å². The summed E-state index contributed by atoms with van der Waals surface area (Å²) in [5.74, 6) is 0. The largest absolute Gasteiger partial charge is 0.257 e. The molecule has 98 valence electrons. The van der Waals surface area contributed by atoms with Crippen LogP contribution in [0, 0.1) is 20.8 Å². The highest BCUT2D eigenvalue weighted by molar-refractivity contribution is 6.01. The standard InChI is InChI=1S/C19H17N/c1-11-8-14-10-18-19(17(14)9-12(11)2)16-7-5-4-6-15(16)13(3)20-18/h4-9H,10H2,1-3H3. The van der Waals surface area contributed by atoms with Crippen LogP contribution in [-0.2, 0) is 6.42 Å². The summed E-state index contributed by atoms with van der Waals surface area (Å²) in [5.41, 5.74) is 9.27. The lowest BCUT2D eigenvalue weighted by Gasteiger charge is -2.10. The maximum atomic E-state index is 4.86. The molecule has 0 unspecified atom stereocenters. The summed E-state index contributed by atoms with van der Waals surface area (Å²) in [7, 11) is 0. The first kappa shape index (κ1) is 11.7. The molecule has 0 atom stereocenters. The lowest BCUT2D eigenvalue weighted by atomic mass is 9.96. The van der Waals surface area contributed by atoms with Crippen LogP contribution in [0.15, 0.2) is 36.4 Å². The summed E-state index contributed by atoms with van der Waals surface area (Å²) >= 11 is 0. The van der Waals surface area contributed by atoms with Gasteiger partial charge in [0, 0.05) is 23.1 Å². The van der Waals surface area contributed by atoms with Gasteiger partial charge in [0.15, 0.2) is 0 Å². The zero-order chi connectivity index (χ0) is 13.9. The van der Waals surface area contributed by atoms with E-state index >= 15 is 0 Å². The predicted molar refractivity (Wildman–Crippen MR) is 84.2 cm³/mol. The van der Waals surface area contributed by atoms with Crippen LogP contribution in [0.4, 0.5) is 0 Å². The molecule has 3 aromatic rings. The minimum absolute atomic E-state index is 0.970. The molecule has 0 fully saturated rings. The molecule has 1 aliphatic rings. The molecule has 1 heterocycles. The number of aromatic nitrogens is 1. The van der Waals surface area contributed by atoms with Crippen LogP contribution in [0.25, 0.3) is 21.9 Å². The van der Waals surface area contributed by atoms with Gasteiger partial charge in [-0.15, -0.1) is 0 Å².